The lowest BCUT2D eigenvalue weighted by Crippen LogP contribution is -2.04. The van der Waals surface area contributed by atoms with E-state index in [1.807, 2.05) is 12.1 Å². The Morgan fingerprint density at radius 3 is 2.45 bits per heavy atom. The van der Waals surface area contributed by atoms with Crippen LogP contribution >= 0.6 is 45.8 Å². The summed E-state index contributed by atoms with van der Waals surface area (Å²) in [6.07, 6.45) is 0. The molecule has 104 valence electrons. The molecule has 0 spiro atoms. The predicted molar refractivity (Wildman–Crippen MR) is 89.6 cm³/mol. The van der Waals surface area contributed by atoms with E-state index in [-0.39, 0.29) is 5.69 Å². The lowest BCUT2D eigenvalue weighted by molar-refractivity contribution is -0.385. The Kier molecular flexibility index (Phi) is 5.06. The van der Waals surface area contributed by atoms with Crippen LogP contribution in [0.15, 0.2) is 36.4 Å². The van der Waals surface area contributed by atoms with Gasteiger partial charge in [-0.25, -0.2) is 0 Å². The molecule has 0 saturated heterocycles. The van der Waals surface area contributed by atoms with E-state index in [0.717, 1.165) is 9.26 Å². The van der Waals surface area contributed by atoms with E-state index in [9.17, 15) is 10.1 Å². The molecule has 0 heterocycles. The summed E-state index contributed by atoms with van der Waals surface area (Å²) in [6.45, 7) is 0.314. The number of nitrogens with zero attached hydrogens (tertiary/aromatic N) is 1. The molecule has 0 saturated carbocycles. The Labute approximate surface area is 139 Å². The lowest BCUT2D eigenvalue weighted by atomic mass is 10.1. The Balaban J connectivity index is 2.22. The highest BCUT2D eigenvalue weighted by Gasteiger charge is 2.14. The fraction of sp³-hybridized carbons (Fsp3) is 0.0769. The molecule has 2 aromatic carbocycles. The van der Waals surface area contributed by atoms with Gasteiger partial charge in [-0.2, -0.15) is 0 Å². The lowest BCUT2D eigenvalue weighted by Gasteiger charge is -2.09. The first-order valence-corrected chi connectivity index (χ1v) is 7.42. The van der Waals surface area contributed by atoms with Crippen molar-refractivity contribution in [1.29, 1.82) is 0 Å². The van der Waals surface area contributed by atoms with Crippen molar-refractivity contribution in [2.45, 2.75) is 6.54 Å². The molecule has 0 aliphatic rings. The van der Waals surface area contributed by atoms with Gasteiger partial charge in [-0.1, -0.05) is 23.2 Å². The molecule has 20 heavy (non-hydrogen) atoms. The molecule has 0 bridgehead atoms. The highest BCUT2D eigenvalue weighted by atomic mass is 127. The normalized spacial score (nSPS) is 10.3. The van der Waals surface area contributed by atoms with Gasteiger partial charge in [-0.15, -0.1) is 0 Å². The zero-order chi connectivity index (χ0) is 14.7. The van der Waals surface area contributed by atoms with Crippen LogP contribution in [0.5, 0.6) is 0 Å². The zero-order valence-electron chi connectivity index (χ0n) is 10.1. The van der Waals surface area contributed by atoms with Crippen LogP contribution in [0.3, 0.4) is 0 Å². The van der Waals surface area contributed by atoms with Gasteiger partial charge in [0.25, 0.3) is 5.69 Å². The molecule has 0 radical (unpaired) electrons. The molecule has 2 rings (SSSR count). The number of nitrogens with one attached hydrogen (secondary N) is 1. The Bertz CT molecular complexity index is 665. The molecule has 0 amide bonds. The molecule has 0 atom stereocenters. The van der Waals surface area contributed by atoms with Crippen molar-refractivity contribution in [1.82, 2.24) is 0 Å². The van der Waals surface area contributed by atoms with Gasteiger partial charge in [0.05, 0.1) is 10.5 Å². The number of rotatable bonds is 4. The minimum absolute atomic E-state index is 0.0471. The van der Waals surface area contributed by atoms with Crippen molar-refractivity contribution in [3.63, 3.8) is 0 Å². The predicted octanol–water partition coefficient (Wildman–Crippen LogP) is 5.12. The molecule has 4 nitrogen and oxygen atoms in total. The summed E-state index contributed by atoms with van der Waals surface area (Å²) in [5, 5.41) is 15.2. The van der Waals surface area contributed by atoms with Gasteiger partial charge in [0.2, 0.25) is 0 Å². The van der Waals surface area contributed by atoms with Crippen molar-refractivity contribution < 1.29 is 4.92 Å². The van der Waals surface area contributed by atoms with Crippen LogP contribution in [0.1, 0.15) is 5.56 Å². The minimum atomic E-state index is -0.416. The first kappa shape index (κ1) is 15.3. The molecule has 0 unspecified atom stereocenters. The number of hydrogen-bond acceptors (Lipinski definition) is 3. The van der Waals surface area contributed by atoms with Crippen LogP contribution < -0.4 is 5.32 Å². The van der Waals surface area contributed by atoms with E-state index in [1.54, 1.807) is 12.1 Å². The second-order valence-corrected chi connectivity index (χ2v) is 6.04. The van der Waals surface area contributed by atoms with Crippen molar-refractivity contribution in [2.75, 3.05) is 5.32 Å². The molecule has 1 N–H and O–H groups in total. The van der Waals surface area contributed by atoms with Gasteiger partial charge in [0.1, 0.15) is 0 Å². The Morgan fingerprint density at radius 2 is 1.80 bits per heavy atom. The highest BCUT2D eigenvalue weighted by molar-refractivity contribution is 14.1. The van der Waals surface area contributed by atoms with Crippen molar-refractivity contribution >= 4 is 57.2 Å². The summed E-state index contributed by atoms with van der Waals surface area (Å²) in [5.74, 6) is 0. The van der Waals surface area contributed by atoms with Gasteiger partial charge < -0.3 is 5.32 Å². The zero-order valence-corrected chi connectivity index (χ0v) is 13.7. The number of nitro benzene ring substituents is 1. The first-order valence-electron chi connectivity index (χ1n) is 5.59. The van der Waals surface area contributed by atoms with Gasteiger partial charge in [-0.05, 0) is 52.9 Å². The highest BCUT2D eigenvalue weighted by Crippen LogP contribution is 2.26. The monoisotopic (exact) mass is 422 g/mol. The Hall–Kier alpha value is -1.05. The smallest absolute Gasteiger partial charge is 0.274 e. The third kappa shape index (κ3) is 3.74. The van der Waals surface area contributed by atoms with Crippen LogP contribution in [0.2, 0.25) is 10.0 Å². The van der Waals surface area contributed by atoms with Crippen LogP contribution in [0, 0.1) is 13.7 Å². The summed E-state index contributed by atoms with van der Waals surface area (Å²) >= 11 is 13.9. The average Bonchev–Trinajstić information content (AvgIpc) is 2.37. The SMILES string of the molecule is O=[N+]([O-])c1ccc(Cl)cc1CNc1ccc(Cl)cc1I. The number of nitro groups is 1. The molecule has 0 fully saturated rings. The molecule has 0 aliphatic heterocycles. The van der Waals surface area contributed by atoms with Crippen molar-refractivity contribution in [2.24, 2.45) is 0 Å². The summed E-state index contributed by atoms with van der Waals surface area (Å²) in [6, 6.07) is 9.92. The molecule has 7 heteroatoms. The minimum Gasteiger partial charge on any atom is -0.380 e. The van der Waals surface area contributed by atoms with Gasteiger partial charge >= 0.3 is 0 Å². The maximum Gasteiger partial charge on any atom is 0.274 e. The molecule has 0 aromatic heterocycles. The van der Waals surface area contributed by atoms with Crippen molar-refractivity contribution in [3.05, 3.63) is 65.7 Å². The fourth-order valence-electron chi connectivity index (χ4n) is 1.70. The summed E-state index contributed by atoms with van der Waals surface area (Å²) < 4.78 is 0.944. The van der Waals surface area contributed by atoms with Crippen LogP contribution in [-0.4, -0.2) is 4.92 Å². The number of halogens is 3. The quantitative estimate of drug-likeness (QED) is 0.422. The van der Waals surface area contributed by atoms with Crippen LogP contribution in [-0.2, 0) is 6.54 Å². The molecule has 0 aliphatic carbocycles. The number of anilines is 1. The van der Waals surface area contributed by atoms with E-state index in [1.165, 1.54) is 12.1 Å². The fourth-order valence-corrected chi connectivity index (χ4v) is 2.95. The van der Waals surface area contributed by atoms with E-state index >= 15 is 0 Å². The van der Waals surface area contributed by atoms with Crippen LogP contribution in [0.4, 0.5) is 11.4 Å². The van der Waals surface area contributed by atoms with E-state index in [0.29, 0.717) is 22.2 Å². The number of benzene rings is 2. The second kappa shape index (κ2) is 6.60. The molecular formula is C13H9Cl2IN2O2. The van der Waals surface area contributed by atoms with Gasteiger partial charge in [0, 0.05) is 31.9 Å². The first-order chi connectivity index (χ1) is 9.47. The summed E-state index contributed by atoms with van der Waals surface area (Å²) in [7, 11) is 0. The van der Waals surface area contributed by atoms with E-state index in [4.69, 9.17) is 23.2 Å². The van der Waals surface area contributed by atoms with Crippen LogP contribution in [0.25, 0.3) is 0 Å². The van der Waals surface area contributed by atoms with Gasteiger partial charge in [-0.3, -0.25) is 10.1 Å². The largest absolute Gasteiger partial charge is 0.380 e. The summed E-state index contributed by atoms with van der Waals surface area (Å²) in [4.78, 5) is 10.6. The van der Waals surface area contributed by atoms with Crippen molar-refractivity contribution in [3.8, 4) is 0 Å². The second-order valence-electron chi connectivity index (χ2n) is 4.01. The summed E-state index contributed by atoms with van der Waals surface area (Å²) in [5.41, 5.74) is 1.45. The molecule has 2 aromatic rings. The third-order valence-electron chi connectivity index (χ3n) is 2.64. The van der Waals surface area contributed by atoms with E-state index < -0.39 is 4.92 Å². The maximum atomic E-state index is 11.0. The number of hydrogen-bond donors (Lipinski definition) is 1. The average molecular weight is 423 g/mol. The van der Waals surface area contributed by atoms with Gasteiger partial charge in [0.15, 0.2) is 0 Å². The topological polar surface area (TPSA) is 55.2 Å². The standard InChI is InChI=1S/C13H9Cl2IN2O2/c14-9-2-4-13(18(19)20)8(5-9)7-17-12-3-1-10(15)6-11(12)16/h1-6,17H,7H2. The van der Waals surface area contributed by atoms with E-state index in [2.05, 4.69) is 27.9 Å². The maximum absolute atomic E-state index is 11.0. The Morgan fingerprint density at radius 1 is 1.15 bits per heavy atom. The molecular weight excluding hydrogens is 414 g/mol. The third-order valence-corrected chi connectivity index (χ3v) is 4.00.